The monoisotopic (exact) mass is 467 g/mol. The van der Waals surface area contributed by atoms with Crippen LogP contribution in [0.2, 0.25) is 0 Å². The van der Waals surface area contributed by atoms with Crippen LogP contribution in [-0.2, 0) is 14.3 Å². The molecule has 2 heterocycles. The molecule has 34 heavy (non-hydrogen) atoms. The highest BCUT2D eigenvalue weighted by molar-refractivity contribution is 6.21. The Labute approximate surface area is 194 Å². The first-order valence-corrected chi connectivity index (χ1v) is 10.7. The average molecular weight is 467 g/mol. The number of hydrogen-bond acceptors (Lipinski definition) is 6. The summed E-state index contributed by atoms with van der Waals surface area (Å²) in [5, 5.41) is 2.54. The number of likely N-dealkylation sites (tertiary alicyclic amines) is 1. The Morgan fingerprint density at radius 2 is 1.76 bits per heavy atom. The van der Waals surface area contributed by atoms with Crippen molar-refractivity contribution in [3.63, 3.8) is 0 Å². The molecule has 1 saturated heterocycles. The van der Waals surface area contributed by atoms with Gasteiger partial charge in [0.25, 0.3) is 23.6 Å². The minimum atomic E-state index is -0.603. The Bertz CT molecular complexity index is 1180. The number of amides is 4. The minimum Gasteiger partial charge on any atom is -0.455 e. The normalized spacial score (nSPS) is 17.4. The van der Waals surface area contributed by atoms with E-state index in [0.29, 0.717) is 30.6 Å². The van der Waals surface area contributed by atoms with Gasteiger partial charge in [0, 0.05) is 31.4 Å². The molecule has 9 nitrogen and oxygen atoms in total. The quantitative estimate of drug-likeness (QED) is 0.532. The standard InChI is InChI=1S/C24H22FN3O6/c1-27-22(31)18-9-8-17(11-19(18)23(27)32)26-20(29)13-34-24(33)15-3-2-10-28(12-15)21(30)14-4-6-16(25)7-5-14/h4-9,11,15H,2-3,10,12-13H2,1H3,(H,26,29). The van der Waals surface area contributed by atoms with Gasteiger partial charge in [0.1, 0.15) is 5.82 Å². The number of imide groups is 1. The molecule has 4 amide bonds. The lowest BCUT2D eigenvalue weighted by Crippen LogP contribution is -2.43. The van der Waals surface area contributed by atoms with Crippen molar-refractivity contribution in [2.45, 2.75) is 12.8 Å². The van der Waals surface area contributed by atoms with Gasteiger partial charge in [0.05, 0.1) is 17.0 Å². The van der Waals surface area contributed by atoms with Gasteiger partial charge in [-0.05, 0) is 55.3 Å². The molecule has 1 fully saturated rings. The molecular formula is C24H22FN3O6. The topological polar surface area (TPSA) is 113 Å². The maximum absolute atomic E-state index is 13.1. The highest BCUT2D eigenvalue weighted by Crippen LogP contribution is 2.25. The molecule has 176 valence electrons. The first-order valence-electron chi connectivity index (χ1n) is 10.7. The summed E-state index contributed by atoms with van der Waals surface area (Å²) < 4.78 is 18.3. The number of esters is 1. The second-order valence-electron chi connectivity index (χ2n) is 8.18. The van der Waals surface area contributed by atoms with Crippen LogP contribution in [0.25, 0.3) is 0 Å². The number of anilines is 1. The van der Waals surface area contributed by atoms with Crippen molar-refractivity contribution in [1.82, 2.24) is 9.80 Å². The number of halogens is 1. The molecule has 2 aliphatic heterocycles. The van der Waals surface area contributed by atoms with Gasteiger partial charge in [-0.15, -0.1) is 0 Å². The SMILES string of the molecule is CN1C(=O)c2ccc(NC(=O)COC(=O)C3CCCN(C(=O)c4ccc(F)cc4)C3)cc2C1=O. The van der Waals surface area contributed by atoms with Gasteiger partial charge in [-0.1, -0.05) is 0 Å². The third-order valence-electron chi connectivity index (χ3n) is 5.85. The number of carbonyl (C=O) groups is 5. The Balaban J connectivity index is 1.30. The van der Waals surface area contributed by atoms with E-state index in [4.69, 9.17) is 4.74 Å². The molecule has 2 aromatic rings. The molecule has 0 saturated carbocycles. The lowest BCUT2D eigenvalue weighted by Gasteiger charge is -2.31. The fraction of sp³-hybridized carbons (Fsp3) is 0.292. The maximum atomic E-state index is 13.1. The molecule has 1 N–H and O–H groups in total. The van der Waals surface area contributed by atoms with Crippen LogP contribution in [0.4, 0.5) is 10.1 Å². The molecule has 0 aromatic heterocycles. The molecule has 2 aliphatic rings. The first kappa shape index (κ1) is 23.1. The van der Waals surface area contributed by atoms with E-state index in [1.165, 1.54) is 54.4 Å². The number of hydrogen-bond donors (Lipinski definition) is 1. The van der Waals surface area contributed by atoms with Crippen molar-refractivity contribution < 1.29 is 33.1 Å². The molecule has 0 radical (unpaired) electrons. The Kier molecular flexibility index (Phi) is 6.40. The molecule has 4 rings (SSSR count). The number of piperidine rings is 1. The van der Waals surface area contributed by atoms with Crippen LogP contribution in [0.5, 0.6) is 0 Å². The van der Waals surface area contributed by atoms with E-state index in [-0.39, 0.29) is 23.6 Å². The van der Waals surface area contributed by atoms with E-state index < -0.39 is 42.0 Å². The zero-order chi connectivity index (χ0) is 24.4. The first-order chi connectivity index (χ1) is 16.2. The zero-order valence-electron chi connectivity index (χ0n) is 18.4. The number of rotatable bonds is 5. The van der Waals surface area contributed by atoms with Crippen LogP contribution in [-0.4, -0.2) is 66.1 Å². The van der Waals surface area contributed by atoms with Crippen LogP contribution in [0.15, 0.2) is 42.5 Å². The highest BCUT2D eigenvalue weighted by atomic mass is 19.1. The van der Waals surface area contributed by atoms with Crippen LogP contribution < -0.4 is 5.32 Å². The van der Waals surface area contributed by atoms with Crippen LogP contribution in [0.1, 0.15) is 43.9 Å². The fourth-order valence-electron chi connectivity index (χ4n) is 4.02. The van der Waals surface area contributed by atoms with Crippen molar-refractivity contribution in [1.29, 1.82) is 0 Å². The molecule has 0 bridgehead atoms. The van der Waals surface area contributed by atoms with Crippen LogP contribution in [0.3, 0.4) is 0 Å². The number of carbonyl (C=O) groups excluding carboxylic acids is 5. The largest absolute Gasteiger partial charge is 0.455 e. The lowest BCUT2D eigenvalue weighted by molar-refractivity contribution is -0.152. The summed E-state index contributed by atoms with van der Waals surface area (Å²) >= 11 is 0. The zero-order valence-corrected chi connectivity index (χ0v) is 18.4. The number of benzene rings is 2. The van der Waals surface area contributed by atoms with Gasteiger partial charge in [0.15, 0.2) is 6.61 Å². The average Bonchev–Trinajstić information content (AvgIpc) is 3.06. The van der Waals surface area contributed by atoms with Gasteiger partial charge >= 0.3 is 5.97 Å². The Morgan fingerprint density at radius 1 is 1.06 bits per heavy atom. The maximum Gasteiger partial charge on any atom is 0.311 e. The summed E-state index contributed by atoms with van der Waals surface area (Å²) in [5.74, 6) is -3.39. The third kappa shape index (κ3) is 4.66. The van der Waals surface area contributed by atoms with Gasteiger partial charge in [-0.25, -0.2) is 4.39 Å². The summed E-state index contributed by atoms with van der Waals surface area (Å²) in [6.45, 7) is 0.0749. The highest BCUT2D eigenvalue weighted by Gasteiger charge is 2.33. The predicted octanol–water partition coefficient (Wildman–Crippen LogP) is 2.09. The second-order valence-corrected chi connectivity index (χ2v) is 8.18. The van der Waals surface area contributed by atoms with Crippen molar-refractivity contribution in [3.05, 3.63) is 65.0 Å². The van der Waals surface area contributed by atoms with Gasteiger partial charge in [-0.3, -0.25) is 28.9 Å². The lowest BCUT2D eigenvalue weighted by atomic mass is 9.97. The van der Waals surface area contributed by atoms with Gasteiger partial charge in [0.2, 0.25) is 0 Å². The summed E-state index contributed by atoms with van der Waals surface area (Å²) in [4.78, 5) is 63.9. The molecule has 1 unspecified atom stereocenters. The van der Waals surface area contributed by atoms with Crippen molar-refractivity contribution >= 4 is 35.3 Å². The fourth-order valence-corrected chi connectivity index (χ4v) is 4.02. The number of ether oxygens (including phenoxy) is 1. The molecule has 0 aliphatic carbocycles. The van der Waals surface area contributed by atoms with E-state index in [1.54, 1.807) is 0 Å². The number of nitrogens with zero attached hydrogens (tertiary/aromatic N) is 2. The molecule has 1 atom stereocenters. The number of fused-ring (bicyclic) bond motifs is 1. The van der Waals surface area contributed by atoms with Gasteiger partial charge < -0.3 is 15.0 Å². The minimum absolute atomic E-state index is 0.144. The van der Waals surface area contributed by atoms with E-state index in [0.717, 1.165) is 4.90 Å². The van der Waals surface area contributed by atoms with E-state index in [1.807, 2.05) is 0 Å². The summed E-state index contributed by atoms with van der Waals surface area (Å²) in [6, 6.07) is 9.54. The third-order valence-corrected chi connectivity index (χ3v) is 5.85. The molecule has 10 heteroatoms. The predicted molar refractivity (Wildman–Crippen MR) is 117 cm³/mol. The van der Waals surface area contributed by atoms with Crippen LogP contribution in [0, 0.1) is 11.7 Å². The Morgan fingerprint density at radius 3 is 2.50 bits per heavy atom. The van der Waals surface area contributed by atoms with E-state index >= 15 is 0 Å². The summed E-state index contributed by atoms with van der Waals surface area (Å²) in [6.07, 6.45) is 1.11. The summed E-state index contributed by atoms with van der Waals surface area (Å²) in [7, 11) is 1.38. The van der Waals surface area contributed by atoms with Crippen LogP contribution >= 0.6 is 0 Å². The van der Waals surface area contributed by atoms with Crippen molar-refractivity contribution in [2.75, 3.05) is 32.1 Å². The van der Waals surface area contributed by atoms with E-state index in [2.05, 4.69) is 5.32 Å². The number of nitrogens with one attached hydrogen (secondary N) is 1. The second kappa shape index (κ2) is 9.42. The summed E-state index contributed by atoms with van der Waals surface area (Å²) in [5.41, 5.74) is 1.07. The Hall–Kier alpha value is -4.08. The molecule has 0 spiro atoms. The van der Waals surface area contributed by atoms with Crippen molar-refractivity contribution in [3.8, 4) is 0 Å². The van der Waals surface area contributed by atoms with E-state index in [9.17, 15) is 28.4 Å². The molecule has 2 aromatic carbocycles. The van der Waals surface area contributed by atoms with Gasteiger partial charge in [-0.2, -0.15) is 0 Å². The smallest absolute Gasteiger partial charge is 0.311 e. The van der Waals surface area contributed by atoms with Crippen molar-refractivity contribution in [2.24, 2.45) is 5.92 Å². The molecular weight excluding hydrogens is 445 g/mol.